The van der Waals surface area contributed by atoms with Crippen LogP contribution in [0.4, 0.5) is 11.5 Å². The maximum Gasteiger partial charge on any atom is 0.256 e. The first-order chi connectivity index (χ1) is 18.9. The Hall–Kier alpha value is -3.98. The molecule has 39 heavy (non-hydrogen) atoms. The van der Waals surface area contributed by atoms with Crippen molar-refractivity contribution in [1.82, 2.24) is 14.9 Å². The van der Waals surface area contributed by atoms with Crippen LogP contribution in [0.25, 0.3) is 0 Å². The summed E-state index contributed by atoms with van der Waals surface area (Å²) < 4.78 is 5.11. The molecule has 0 spiro atoms. The number of benzene rings is 1. The summed E-state index contributed by atoms with van der Waals surface area (Å²) in [6, 6.07) is 13.2. The number of halogens is 1. The number of pyridine rings is 2. The summed E-state index contributed by atoms with van der Waals surface area (Å²) in [5.74, 6) is 0.583. The Kier molecular flexibility index (Phi) is 8.07. The number of rotatable bonds is 7. The van der Waals surface area contributed by atoms with Gasteiger partial charge in [0.25, 0.3) is 5.91 Å². The fraction of sp³-hybridized carbons (Fsp3) is 0.345. The van der Waals surface area contributed by atoms with Crippen molar-refractivity contribution >= 4 is 40.8 Å². The Morgan fingerprint density at radius 1 is 1.10 bits per heavy atom. The van der Waals surface area contributed by atoms with E-state index in [0.29, 0.717) is 53.6 Å². The monoisotopic (exact) mass is 547 g/mol. The van der Waals surface area contributed by atoms with E-state index in [9.17, 15) is 14.4 Å². The minimum Gasteiger partial charge on any atom is -0.495 e. The van der Waals surface area contributed by atoms with Crippen LogP contribution in [0.2, 0.25) is 5.02 Å². The molecular weight excluding hydrogens is 518 g/mol. The summed E-state index contributed by atoms with van der Waals surface area (Å²) in [7, 11) is 1.56. The Balaban J connectivity index is 1.28. The molecule has 2 N–H and O–H groups in total. The predicted molar refractivity (Wildman–Crippen MR) is 148 cm³/mol. The van der Waals surface area contributed by atoms with Crippen molar-refractivity contribution in [3.05, 3.63) is 77.2 Å². The molecule has 1 aliphatic heterocycles. The summed E-state index contributed by atoms with van der Waals surface area (Å²) in [5, 5.41) is 6.24. The van der Waals surface area contributed by atoms with Crippen molar-refractivity contribution < 1.29 is 19.1 Å². The third-order valence-electron chi connectivity index (χ3n) is 7.43. The number of carbonyl (C=O) groups is 3. The van der Waals surface area contributed by atoms with E-state index >= 15 is 0 Å². The minimum atomic E-state index is -0.722. The van der Waals surface area contributed by atoms with Crippen LogP contribution in [-0.2, 0) is 16.0 Å². The molecule has 1 saturated carbocycles. The SMILES string of the molecule is COc1ccc(NC(=O)C2CCC(CN3C(=O)c4ccc(Cl)cc4NC(=O)C3Cc3ccccn3)CC2)nc1. The predicted octanol–water partition coefficient (Wildman–Crippen LogP) is 4.59. The minimum absolute atomic E-state index is 0.0600. The molecule has 3 heterocycles. The molecule has 3 amide bonds. The lowest BCUT2D eigenvalue weighted by atomic mass is 9.81. The fourth-order valence-electron chi connectivity index (χ4n) is 5.28. The highest BCUT2D eigenvalue weighted by molar-refractivity contribution is 6.31. The lowest BCUT2D eigenvalue weighted by Crippen LogP contribution is -2.49. The van der Waals surface area contributed by atoms with Gasteiger partial charge in [-0.25, -0.2) is 4.98 Å². The van der Waals surface area contributed by atoms with E-state index in [2.05, 4.69) is 20.6 Å². The number of anilines is 2. The molecule has 2 aliphatic rings. The second-order valence-electron chi connectivity index (χ2n) is 9.97. The number of fused-ring (bicyclic) bond motifs is 1. The lowest BCUT2D eigenvalue weighted by molar-refractivity contribution is -0.121. The topological polar surface area (TPSA) is 114 Å². The molecule has 0 radical (unpaired) electrons. The van der Waals surface area contributed by atoms with E-state index in [1.165, 1.54) is 0 Å². The third kappa shape index (κ3) is 6.20. The Labute approximate surface area is 231 Å². The second kappa shape index (κ2) is 11.8. The smallest absolute Gasteiger partial charge is 0.256 e. The summed E-state index contributed by atoms with van der Waals surface area (Å²) in [6.45, 7) is 0.417. The van der Waals surface area contributed by atoms with Crippen LogP contribution in [0.5, 0.6) is 5.75 Å². The molecule has 0 saturated heterocycles. The fourth-order valence-corrected chi connectivity index (χ4v) is 5.45. The van der Waals surface area contributed by atoms with Crippen LogP contribution in [0.15, 0.2) is 60.9 Å². The zero-order chi connectivity index (χ0) is 27.4. The molecule has 1 unspecified atom stereocenters. The Bertz CT molecular complexity index is 1340. The van der Waals surface area contributed by atoms with E-state index in [1.807, 2.05) is 18.2 Å². The number of hydrogen-bond donors (Lipinski definition) is 2. The van der Waals surface area contributed by atoms with Gasteiger partial charge in [-0.05, 0) is 74.1 Å². The van der Waals surface area contributed by atoms with Crippen LogP contribution in [0, 0.1) is 11.8 Å². The van der Waals surface area contributed by atoms with Crippen molar-refractivity contribution in [2.45, 2.75) is 38.1 Å². The van der Waals surface area contributed by atoms with Gasteiger partial charge in [0, 0.05) is 35.8 Å². The van der Waals surface area contributed by atoms with Crippen molar-refractivity contribution in [3.8, 4) is 5.75 Å². The van der Waals surface area contributed by atoms with E-state index in [4.69, 9.17) is 16.3 Å². The summed E-state index contributed by atoms with van der Waals surface area (Å²) in [4.78, 5) is 50.3. The quantitative estimate of drug-likeness (QED) is 0.447. The normalized spacial score (nSPS) is 21.0. The van der Waals surface area contributed by atoms with E-state index in [0.717, 1.165) is 18.5 Å². The van der Waals surface area contributed by atoms with Crippen molar-refractivity contribution in [1.29, 1.82) is 0 Å². The first-order valence-corrected chi connectivity index (χ1v) is 13.4. The van der Waals surface area contributed by atoms with Gasteiger partial charge in [-0.15, -0.1) is 0 Å². The van der Waals surface area contributed by atoms with Gasteiger partial charge in [0.2, 0.25) is 11.8 Å². The van der Waals surface area contributed by atoms with Crippen LogP contribution < -0.4 is 15.4 Å². The number of amides is 3. The second-order valence-corrected chi connectivity index (χ2v) is 10.4. The van der Waals surface area contributed by atoms with E-state index in [-0.39, 0.29) is 29.6 Å². The summed E-state index contributed by atoms with van der Waals surface area (Å²) >= 11 is 6.16. The Morgan fingerprint density at radius 2 is 1.92 bits per heavy atom. The maximum absolute atomic E-state index is 13.8. The largest absolute Gasteiger partial charge is 0.495 e. The molecule has 1 atom stereocenters. The zero-order valence-corrected chi connectivity index (χ0v) is 22.4. The van der Waals surface area contributed by atoms with Crippen molar-refractivity contribution in [2.75, 3.05) is 24.3 Å². The molecule has 2 aromatic heterocycles. The third-order valence-corrected chi connectivity index (χ3v) is 7.67. The lowest BCUT2D eigenvalue weighted by Gasteiger charge is -2.35. The van der Waals surface area contributed by atoms with Gasteiger partial charge in [0.15, 0.2) is 0 Å². The maximum atomic E-state index is 13.8. The standard InChI is InChI=1S/C29H30ClN5O4/c1-39-22-10-12-26(32-16-22)34-27(36)19-7-5-18(6-8-19)17-35-25(15-21-4-2-3-13-31-21)28(37)33-24-14-20(30)9-11-23(24)29(35)38/h2-4,9-14,16,18-19,25H,5-8,15,17H2,1H3,(H,33,37)(H,32,34,36). The number of carbonyl (C=O) groups excluding carboxylic acids is 3. The number of hydrogen-bond acceptors (Lipinski definition) is 6. The molecule has 202 valence electrons. The molecular formula is C29H30ClN5O4. The van der Waals surface area contributed by atoms with Crippen LogP contribution in [-0.4, -0.2) is 52.3 Å². The molecule has 1 aliphatic carbocycles. The van der Waals surface area contributed by atoms with Gasteiger partial charge in [-0.3, -0.25) is 19.4 Å². The molecule has 1 fully saturated rings. The highest BCUT2D eigenvalue weighted by Gasteiger charge is 2.38. The van der Waals surface area contributed by atoms with Crippen LogP contribution in [0.3, 0.4) is 0 Å². The molecule has 0 bridgehead atoms. The van der Waals surface area contributed by atoms with Crippen molar-refractivity contribution in [2.24, 2.45) is 11.8 Å². The van der Waals surface area contributed by atoms with Crippen molar-refractivity contribution in [3.63, 3.8) is 0 Å². The Morgan fingerprint density at radius 3 is 2.62 bits per heavy atom. The number of ether oxygens (including phenoxy) is 1. The molecule has 10 heteroatoms. The number of methoxy groups -OCH3 is 1. The van der Waals surface area contributed by atoms with Gasteiger partial charge >= 0.3 is 0 Å². The summed E-state index contributed by atoms with van der Waals surface area (Å²) in [6.07, 6.45) is 6.46. The van der Waals surface area contributed by atoms with Gasteiger partial charge in [-0.1, -0.05) is 17.7 Å². The zero-order valence-electron chi connectivity index (χ0n) is 21.6. The first-order valence-electron chi connectivity index (χ1n) is 13.0. The molecule has 1 aromatic carbocycles. The van der Waals surface area contributed by atoms with Gasteiger partial charge < -0.3 is 20.3 Å². The van der Waals surface area contributed by atoms with Gasteiger partial charge in [0.05, 0.1) is 24.6 Å². The van der Waals surface area contributed by atoms with Gasteiger partial charge in [0.1, 0.15) is 17.6 Å². The molecule has 3 aromatic rings. The number of nitrogens with one attached hydrogen (secondary N) is 2. The van der Waals surface area contributed by atoms with E-state index < -0.39 is 6.04 Å². The summed E-state index contributed by atoms with van der Waals surface area (Å²) in [5.41, 5.74) is 1.56. The van der Waals surface area contributed by atoms with Crippen LogP contribution >= 0.6 is 11.6 Å². The highest BCUT2D eigenvalue weighted by atomic mass is 35.5. The average Bonchev–Trinajstić information content (AvgIpc) is 3.04. The van der Waals surface area contributed by atoms with E-state index in [1.54, 1.807) is 54.7 Å². The van der Waals surface area contributed by atoms with Crippen LogP contribution in [0.1, 0.15) is 41.7 Å². The molecule has 9 nitrogen and oxygen atoms in total. The van der Waals surface area contributed by atoms with Gasteiger partial charge in [-0.2, -0.15) is 0 Å². The average molecular weight is 548 g/mol. The molecule has 5 rings (SSSR count). The highest BCUT2D eigenvalue weighted by Crippen LogP contribution is 2.33. The number of aromatic nitrogens is 2. The first kappa shape index (κ1) is 26.6. The number of nitrogens with zero attached hydrogens (tertiary/aromatic N) is 3.